The fourth-order valence-electron chi connectivity index (χ4n) is 2.54. The molecule has 4 nitrogen and oxygen atoms in total. The van der Waals surface area contributed by atoms with E-state index >= 15 is 0 Å². The summed E-state index contributed by atoms with van der Waals surface area (Å²) < 4.78 is 15.3. The lowest BCUT2D eigenvalue weighted by Crippen LogP contribution is -1.97. The molecule has 0 radical (unpaired) electrons. The van der Waals surface area contributed by atoms with Crippen molar-refractivity contribution >= 4 is 17.5 Å². The van der Waals surface area contributed by atoms with Crippen molar-refractivity contribution in [3.63, 3.8) is 0 Å². The minimum absolute atomic E-state index is 0.162. The van der Waals surface area contributed by atoms with Crippen LogP contribution >= 0.6 is 11.8 Å². The monoisotopic (exact) mass is 355 g/mol. The topological polar surface area (TPSA) is 47.8 Å². The van der Waals surface area contributed by atoms with E-state index in [1.807, 2.05) is 23.7 Å². The zero-order valence-electron chi connectivity index (χ0n) is 14.1. The zero-order chi connectivity index (χ0) is 17.8. The summed E-state index contributed by atoms with van der Waals surface area (Å²) in [5, 5.41) is 0.826. The van der Waals surface area contributed by atoms with Crippen LogP contribution in [0.3, 0.4) is 0 Å². The summed E-state index contributed by atoms with van der Waals surface area (Å²) in [4.78, 5) is 20.0. The summed E-state index contributed by atoms with van der Waals surface area (Å²) in [5.41, 5.74) is 3.57. The van der Waals surface area contributed by atoms with E-state index in [0.29, 0.717) is 12.2 Å². The smallest absolute Gasteiger partial charge is 0.168 e. The van der Waals surface area contributed by atoms with Crippen molar-refractivity contribution in [2.75, 3.05) is 5.75 Å². The molecule has 0 spiro atoms. The highest BCUT2D eigenvalue weighted by Gasteiger charge is 2.18. The molecule has 0 N–H and O–H groups in total. The number of benzene rings is 1. The first-order valence-corrected chi connectivity index (χ1v) is 8.90. The Bertz CT molecular complexity index is 876. The molecular formula is C19H18FN3OS. The minimum Gasteiger partial charge on any atom is -0.322 e. The fourth-order valence-corrected chi connectivity index (χ4v) is 3.56. The average molecular weight is 355 g/mol. The normalized spacial score (nSPS) is 10.8. The number of carbonyl (C=O) groups excluding carboxylic acids is 1. The molecule has 128 valence electrons. The van der Waals surface area contributed by atoms with Gasteiger partial charge in [0.15, 0.2) is 5.16 Å². The Morgan fingerprint density at radius 1 is 1.12 bits per heavy atom. The Hall–Kier alpha value is -2.47. The molecule has 2 heterocycles. The lowest BCUT2D eigenvalue weighted by Gasteiger charge is -2.07. The number of hydrogen-bond acceptors (Lipinski definition) is 4. The van der Waals surface area contributed by atoms with Crippen LogP contribution in [0.1, 0.15) is 13.3 Å². The number of hydrogen-bond donors (Lipinski definition) is 0. The van der Waals surface area contributed by atoms with Crippen molar-refractivity contribution in [2.45, 2.75) is 18.5 Å². The molecule has 0 unspecified atom stereocenters. The van der Waals surface area contributed by atoms with Gasteiger partial charge >= 0.3 is 0 Å². The van der Waals surface area contributed by atoms with Crippen molar-refractivity contribution in [1.82, 2.24) is 14.5 Å². The van der Waals surface area contributed by atoms with Gasteiger partial charge in [0, 0.05) is 42.7 Å². The molecule has 0 amide bonds. The van der Waals surface area contributed by atoms with Crippen molar-refractivity contribution in [3.05, 3.63) is 54.6 Å². The molecule has 3 aromatic rings. The second-order valence-corrected chi connectivity index (χ2v) is 6.76. The van der Waals surface area contributed by atoms with Gasteiger partial charge in [0.2, 0.25) is 0 Å². The third-order valence-corrected chi connectivity index (χ3v) is 4.84. The zero-order valence-corrected chi connectivity index (χ0v) is 14.9. The van der Waals surface area contributed by atoms with Gasteiger partial charge in [0.1, 0.15) is 11.6 Å². The van der Waals surface area contributed by atoms with Crippen LogP contribution in [0, 0.1) is 5.82 Å². The van der Waals surface area contributed by atoms with Crippen LogP contribution in [0.15, 0.2) is 53.9 Å². The summed E-state index contributed by atoms with van der Waals surface area (Å²) in [7, 11) is 1.95. The number of aromatic nitrogens is 3. The minimum atomic E-state index is -0.277. The highest BCUT2D eigenvalue weighted by molar-refractivity contribution is 7.99. The fraction of sp³-hybridized carbons (Fsp3) is 0.211. The van der Waals surface area contributed by atoms with Gasteiger partial charge in [-0.05, 0) is 43.3 Å². The van der Waals surface area contributed by atoms with Crippen LogP contribution < -0.4 is 0 Å². The van der Waals surface area contributed by atoms with Gasteiger partial charge in [0.05, 0.1) is 11.4 Å². The van der Waals surface area contributed by atoms with Gasteiger partial charge in [-0.2, -0.15) is 0 Å². The Kier molecular flexibility index (Phi) is 5.28. The molecule has 0 aliphatic heterocycles. The second kappa shape index (κ2) is 7.61. The number of rotatable bonds is 6. The Labute approximate surface area is 150 Å². The standard InChI is InChI=1S/C19H18FN3OS/c1-13(24)9-12-25-19-22-17(14-3-5-16(20)6-4-14)18(23(19)2)15-7-10-21-11-8-15/h3-8,10-11H,9,12H2,1-2H3. The summed E-state index contributed by atoms with van der Waals surface area (Å²) in [6.07, 6.45) is 3.98. The molecule has 6 heteroatoms. The summed E-state index contributed by atoms with van der Waals surface area (Å²) in [6, 6.07) is 10.2. The molecule has 25 heavy (non-hydrogen) atoms. The lowest BCUT2D eigenvalue weighted by molar-refractivity contribution is -0.116. The molecule has 0 aliphatic rings. The largest absolute Gasteiger partial charge is 0.322 e. The number of Topliss-reactive ketones (excluding diaryl/α,β-unsaturated/α-hetero) is 1. The van der Waals surface area contributed by atoms with Crippen molar-refractivity contribution in [2.24, 2.45) is 7.05 Å². The first-order chi connectivity index (χ1) is 12.1. The van der Waals surface area contributed by atoms with E-state index in [1.165, 1.54) is 12.1 Å². The molecule has 2 aromatic heterocycles. The van der Waals surface area contributed by atoms with Crippen LogP contribution in [0.2, 0.25) is 0 Å². The molecule has 0 aliphatic carbocycles. The van der Waals surface area contributed by atoms with E-state index in [1.54, 1.807) is 43.2 Å². The van der Waals surface area contributed by atoms with E-state index in [4.69, 9.17) is 4.98 Å². The van der Waals surface area contributed by atoms with E-state index in [9.17, 15) is 9.18 Å². The van der Waals surface area contributed by atoms with Crippen LogP contribution in [0.5, 0.6) is 0 Å². The van der Waals surface area contributed by atoms with Gasteiger partial charge in [-0.25, -0.2) is 9.37 Å². The number of pyridine rings is 1. The molecule has 0 bridgehead atoms. The SMILES string of the molecule is CC(=O)CCSc1nc(-c2ccc(F)cc2)c(-c2ccncc2)n1C. The van der Waals surface area contributed by atoms with E-state index in [0.717, 1.165) is 27.7 Å². The van der Waals surface area contributed by atoms with E-state index in [2.05, 4.69) is 4.98 Å². The predicted molar refractivity (Wildman–Crippen MR) is 97.9 cm³/mol. The number of halogens is 1. The van der Waals surface area contributed by atoms with E-state index in [-0.39, 0.29) is 11.6 Å². The first-order valence-electron chi connectivity index (χ1n) is 7.91. The van der Waals surface area contributed by atoms with Crippen molar-refractivity contribution in [3.8, 4) is 22.5 Å². The molecule has 0 fully saturated rings. The first kappa shape index (κ1) is 17.4. The third kappa shape index (κ3) is 3.96. The number of thioether (sulfide) groups is 1. The Balaban J connectivity index is 2.05. The van der Waals surface area contributed by atoms with Crippen LogP contribution in [-0.4, -0.2) is 26.1 Å². The Morgan fingerprint density at radius 2 is 1.80 bits per heavy atom. The molecule has 3 rings (SSSR count). The van der Waals surface area contributed by atoms with Gasteiger partial charge in [0.25, 0.3) is 0 Å². The summed E-state index contributed by atoms with van der Waals surface area (Å²) >= 11 is 1.54. The number of ketones is 1. The maximum Gasteiger partial charge on any atom is 0.168 e. The number of nitrogens with zero attached hydrogens (tertiary/aromatic N) is 3. The highest BCUT2D eigenvalue weighted by atomic mass is 32.2. The van der Waals surface area contributed by atoms with Gasteiger partial charge in [-0.1, -0.05) is 11.8 Å². The number of imidazole rings is 1. The molecular weight excluding hydrogens is 337 g/mol. The summed E-state index contributed by atoms with van der Waals surface area (Å²) in [5.74, 6) is 0.565. The lowest BCUT2D eigenvalue weighted by atomic mass is 10.1. The van der Waals surface area contributed by atoms with E-state index < -0.39 is 0 Å². The van der Waals surface area contributed by atoms with Gasteiger partial charge in [-0.15, -0.1) is 0 Å². The average Bonchev–Trinajstić information content (AvgIpc) is 2.93. The second-order valence-electron chi connectivity index (χ2n) is 5.69. The predicted octanol–water partition coefficient (Wildman–Crippen LogP) is 4.36. The summed E-state index contributed by atoms with van der Waals surface area (Å²) in [6.45, 7) is 1.59. The van der Waals surface area contributed by atoms with Crippen LogP contribution in [0.4, 0.5) is 4.39 Å². The Morgan fingerprint density at radius 3 is 2.44 bits per heavy atom. The van der Waals surface area contributed by atoms with Crippen molar-refractivity contribution < 1.29 is 9.18 Å². The van der Waals surface area contributed by atoms with Crippen LogP contribution in [0.25, 0.3) is 22.5 Å². The van der Waals surface area contributed by atoms with Crippen LogP contribution in [-0.2, 0) is 11.8 Å². The maximum absolute atomic E-state index is 13.3. The molecule has 0 saturated carbocycles. The molecule has 0 saturated heterocycles. The quantitative estimate of drug-likeness (QED) is 0.617. The maximum atomic E-state index is 13.3. The molecule has 1 aromatic carbocycles. The third-order valence-electron chi connectivity index (χ3n) is 3.81. The molecule has 0 atom stereocenters. The van der Waals surface area contributed by atoms with Crippen molar-refractivity contribution in [1.29, 1.82) is 0 Å². The van der Waals surface area contributed by atoms with Gasteiger partial charge < -0.3 is 4.57 Å². The number of carbonyl (C=O) groups is 1. The van der Waals surface area contributed by atoms with Gasteiger partial charge in [-0.3, -0.25) is 9.78 Å². The highest BCUT2D eigenvalue weighted by Crippen LogP contribution is 2.35.